The van der Waals surface area contributed by atoms with E-state index >= 15 is 0 Å². The van der Waals surface area contributed by atoms with Crippen molar-refractivity contribution >= 4 is 5.91 Å². The lowest BCUT2D eigenvalue weighted by Gasteiger charge is -2.38. The summed E-state index contributed by atoms with van der Waals surface area (Å²) in [5.74, 6) is 1.39. The van der Waals surface area contributed by atoms with Crippen molar-refractivity contribution in [3.8, 4) is 0 Å². The molecule has 7 nitrogen and oxygen atoms in total. The van der Waals surface area contributed by atoms with E-state index < -0.39 is 0 Å². The van der Waals surface area contributed by atoms with Crippen LogP contribution in [0.4, 0.5) is 0 Å². The Labute approximate surface area is 147 Å². The molecular weight excluding hydrogens is 318 g/mol. The molecule has 0 unspecified atom stereocenters. The Hall–Kier alpha value is -2.18. The van der Waals surface area contributed by atoms with Gasteiger partial charge in [-0.25, -0.2) is 0 Å². The normalized spacial score (nSPS) is 24.8. The quantitative estimate of drug-likeness (QED) is 0.856. The first-order valence-corrected chi connectivity index (χ1v) is 9.29. The Morgan fingerprint density at radius 1 is 1.20 bits per heavy atom. The molecule has 2 aromatic heterocycles. The highest BCUT2D eigenvalue weighted by atomic mass is 16.4. The van der Waals surface area contributed by atoms with Crippen LogP contribution >= 0.6 is 0 Å². The zero-order chi connectivity index (χ0) is 17.4. The monoisotopic (exact) mass is 343 g/mol. The van der Waals surface area contributed by atoms with Gasteiger partial charge in [0.05, 0.1) is 12.0 Å². The summed E-state index contributed by atoms with van der Waals surface area (Å²) in [6.07, 6.45) is 8.32. The first-order valence-electron chi connectivity index (χ1n) is 9.29. The molecule has 0 spiro atoms. The SMILES string of the molecule is Cc1nnc([C@H]2CCCN(C(=O)c3ccnn3C3CCCC3)[C@H]2C)o1. The van der Waals surface area contributed by atoms with E-state index in [0.717, 1.165) is 32.2 Å². The molecule has 2 aromatic rings. The van der Waals surface area contributed by atoms with Crippen molar-refractivity contribution in [2.24, 2.45) is 0 Å². The lowest BCUT2D eigenvalue weighted by molar-refractivity contribution is 0.0567. The lowest BCUT2D eigenvalue weighted by Crippen LogP contribution is -2.46. The number of hydrogen-bond donors (Lipinski definition) is 0. The lowest BCUT2D eigenvalue weighted by atomic mass is 9.90. The van der Waals surface area contributed by atoms with Crippen molar-refractivity contribution in [2.45, 2.75) is 70.4 Å². The second kappa shape index (κ2) is 6.61. The predicted molar refractivity (Wildman–Crippen MR) is 91.2 cm³/mol. The van der Waals surface area contributed by atoms with Crippen molar-refractivity contribution in [3.05, 3.63) is 29.7 Å². The summed E-state index contributed by atoms with van der Waals surface area (Å²) in [6, 6.07) is 2.25. The third-order valence-corrected chi connectivity index (χ3v) is 5.67. The maximum Gasteiger partial charge on any atom is 0.272 e. The van der Waals surface area contributed by atoms with Crippen LogP contribution in [0.15, 0.2) is 16.7 Å². The number of likely N-dealkylation sites (tertiary alicyclic amines) is 1. The van der Waals surface area contributed by atoms with E-state index in [1.807, 2.05) is 15.6 Å². The van der Waals surface area contributed by atoms with Gasteiger partial charge in [0.15, 0.2) is 0 Å². The molecule has 1 saturated carbocycles. The third-order valence-electron chi connectivity index (χ3n) is 5.67. The third kappa shape index (κ3) is 2.96. The van der Waals surface area contributed by atoms with Gasteiger partial charge in [-0.1, -0.05) is 12.8 Å². The molecule has 2 fully saturated rings. The minimum Gasteiger partial charge on any atom is -0.425 e. The molecule has 3 heterocycles. The zero-order valence-corrected chi connectivity index (χ0v) is 14.9. The molecule has 0 N–H and O–H groups in total. The number of carbonyl (C=O) groups excluding carboxylic acids is 1. The molecule has 7 heteroatoms. The Bertz CT molecular complexity index is 746. The van der Waals surface area contributed by atoms with Gasteiger partial charge in [0.1, 0.15) is 5.69 Å². The fourth-order valence-corrected chi connectivity index (χ4v) is 4.29. The van der Waals surface area contributed by atoms with E-state index in [1.165, 1.54) is 12.8 Å². The summed E-state index contributed by atoms with van der Waals surface area (Å²) in [6.45, 7) is 4.64. The van der Waals surface area contributed by atoms with E-state index in [2.05, 4.69) is 22.2 Å². The van der Waals surface area contributed by atoms with Crippen LogP contribution in [0.2, 0.25) is 0 Å². The van der Waals surface area contributed by atoms with E-state index in [4.69, 9.17) is 4.42 Å². The summed E-state index contributed by atoms with van der Waals surface area (Å²) in [5, 5.41) is 12.6. The van der Waals surface area contributed by atoms with Gasteiger partial charge >= 0.3 is 0 Å². The van der Waals surface area contributed by atoms with Crippen molar-refractivity contribution < 1.29 is 9.21 Å². The van der Waals surface area contributed by atoms with Crippen LogP contribution in [-0.2, 0) is 0 Å². The van der Waals surface area contributed by atoms with Crippen LogP contribution in [0.25, 0.3) is 0 Å². The zero-order valence-electron chi connectivity index (χ0n) is 14.9. The maximum atomic E-state index is 13.2. The second-order valence-electron chi connectivity index (χ2n) is 7.25. The van der Waals surface area contributed by atoms with Crippen LogP contribution < -0.4 is 0 Å². The fourth-order valence-electron chi connectivity index (χ4n) is 4.29. The summed E-state index contributed by atoms with van der Waals surface area (Å²) in [7, 11) is 0. The van der Waals surface area contributed by atoms with Gasteiger partial charge < -0.3 is 9.32 Å². The Morgan fingerprint density at radius 2 is 2.00 bits per heavy atom. The molecule has 0 radical (unpaired) electrons. The van der Waals surface area contributed by atoms with E-state index in [-0.39, 0.29) is 17.9 Å². The van der Waals surface area contributed by atoms with Crippen LogP contribution in [0.1, 0.15) is 79.7 Å². The largest absolute Gasteiger partial charge is 0.425 e. The standard InChI is InChI=1S/C18H25N5O2/c1-12-15(17-21-20-13(2)25-17)8-5-11-22(12)18(24)16-9-10-19-23(16)14-6-3-4-7-14/h9-10,12,14-15H,3-8,11H2,1-2H3/t12-,15-/m0/s1. The van der Waals surface area contributed by atoms with E-state index in [9.17, 15) is 4.79 Å². The highest BCUT2D eigenvalue weighted by Crippen LogP contribution is 2.34. The van der Waals surface area contributed by atoms with Gasteiger partial charge in [0.2, 0.25) is 11.8 Å². The molecule has 0 bridgehead atoms. The Morgan fingerprint density at radius 3 is 2.72 bits per heavy atom. The predicted octanol–water partition coefficient (Wildman–Crippen LogP) is 3.10. The highest BCUT2D eigenvalue weighted by molar-refractivity contribution is 5.93. The summed E-state index contributed by atoms with van der Waals surface area (Å²) < 4.78 is 7.59. The highest BCUT2D eigenvalue weighted by Gasteiger charge is 2.36. The average molecular weight is 343 g/mol. The number of piperidine rings is 1. The minimum absolute atomic E-state index is 0.0352. The molecule has 4 rings (SSSR count). The summed E-state index contributed by atoms with van der Waals surface area (Å²) in [5.41, 5.74) is 0.709. The molecule has 1 aliphatic heterocycles. The Kier molecular flexibility index (Phi) is 4.31. The molecule has 1 amide bonds. The van der Waals surface area contributed by atoms with Crippen LogP contribution in [0, 0.1) is 6.92 Å². The number of rotatable bonds is 3. The molecule has 2 atom stereocenters. The first kappa shape index (κ1) is 16.3. The smallest absolute Gasteiger partial charge is 0.272 e. The summed E-state index contributed by atoms with van der Waals surface area (Å²) >= 11 is 0. The minimum atomic E-state index is 0.0352. The topological polar surface area (TPSA) is 77.1 Å². The molecule has 134 valence electrons. The molecular formula is C18H25N5O2. The van der Waals surface area contributed by atoms with Crippen molar-refractivity contribution in [1.29, 1.82) is 0 Å². The van der Waals surface area contributed by atoms with Gasteiger partial charge in [-0.2, -0.15) is 5.10 Å². The second-order valence-corrected chi connectivity index (χ2v) is 7.25. The van der Waals surface area contributed by atoms with E-state index in [1.54, 1.807) is 13.1 Å². The van der Waals surface area contributed by atoms with Crippen LogP contribution in [0.5, 0.6) is 0 Å². The van der Waals surface area contributed by atoms with Gasteiger partial charge in [0.25, 0.3) is 5.91 Å². The van der Waals surface area contributed by atoms with Gasteiger partial charge in [-0.05, 0) is 38.7 Å². The van der Waals surface area contributed by atoms with Crippen LogP contribution in [-0.4, -0.2) is 43.4 Å². The van der Waals surface area contributed by atoms with Gasteiger partial charge in [0, 0.05) is 25.7 Å². The number of amides is 1. The van der Waals surface area contributed by atoms with Crippen LogP contribution in [0.3, 0.4) is 0 Å². The molecule has 2 aliphatic rings. The summed E-state index contributed by atoms with van der Waals surface area (Å²) in [4.78, 5) is 15.2. The molecule has 25 heavy (non-hydrogen) atoms. The Balaban J connectivity index is 1.56. The number of nitrogens with zero attached hydrogens (tertiary/aromatic N) is 5. The van der Waals surface area contributed by atoms with Crippen molar-refractivity contribution in [3.63, 3.8) is 0 Å². The first-order chi connectivity index (χ1) is 12.1. The van der Waals surface area contributed by atoms with E-state index in [0.29, 0.717) is 23.5 Å². The van der Waals surface area contributed by atoms with Crippen molar-refractivity contribution in [2.75, 3.05) is 6.54 Å². The average Bonchev–Trinajstić information content (AvgIpc) is 3.35. The van der Waals surface area contributed by atoms with Crippen molar-refractivity contribution in [1.82, 2.24) is 24.9 Å². The number of aryl methyl sites for hydroxylation is 1. The number of hydrogen-bond acceptors (Lipinski definition) is 5. The molecule has 1 saturated heterocycles. The molecule has 1 aliphatic carbocycles. The number of aromatic nitrogens is 4. The fraction of sp³-hybridized carbons (Fsp3) is 0.667. The maximum absolute atomic E-state index is 13.2. The van der Waals surface area contributed by atoms with Gasteiger partial charge in [-0.15, -0.1) is 10.2 Å². The van der Waals surface area contributed by atoms with Gasteiger partial charge in [-0.3, -0.25) is 9.48 Å². The molecule has 0 aromatic carbocycles. The number of carbonyl (C=O) groups is 1.